The predicted molar refractivity (Wildman–Crippen MR) is 139 cm³/mol. The summed E-state index contributed by atoms with van der Waals surface area (Å²) in [4.78, 5) is 0. The van der Waals surface area contributed by atoms with E-state index in [1.165, 1.54) is 18.2 Å². The molecule has 2 N–H and O–H groups in total. The topological polar surface area (TPSA) is 80.6 Å². The first kappa shape index (κ1) is 24.9. The molecule has 2 atom stereocenters. The molecular weight excluding hydrogens is 608 g/mol. The summed E-state index contributed by atoms with van der Waals surface area (Å²) in [7, 11) is -4.03. The molecule has 11 heteroatoms. The number of ether oxygens (including phenoxy) is 1. The summed E-state index contributed by atoms with van der Waals surface area (Å²) in [5.41, 5.74) is -0.294. The summed E-state index contributed by atoms with van der Waals surface area (Å²) in [6.45, 7) is 0.580. The fourth-order valence-electron chi connectivity index (χ4n) is 3.96. The normalized spacial score (nSPS) is 17.3. The lowest BCUT2D eigenvalue weighted by atomic mass is 10.1. The average Bonchev–Trinajstić information content (AvgIpc) is 3.47. The minimum atomic E-state index is -4.03. The lowest BCUT2D eigenvalue weighted by Crippen LogP contribution is -2.21. The molecule has 0 aliphatic heterocycles. The van der Waals surface area contributed by atoms with Crippen LogP contribution in [0.4, 0.5) is 30.2 Å². The minimum absolute atomic E-state index is 0.154. The van der Waals surface area contributed by atoms with Gasteiger partial charge >= 0.3 is 0 Å². The molecule has 1 aromatic heterocycles. The van der Waals surface area contributed by atoms with Crippen LogP contribution < -0.4 is 10.0 Å². The highest BCUT2D eigenvalue weighted by atomic mass is 127. The third-order valence-electron chi connectivity index (χ3n) is 5.93. The summed E-state index contributed by atoms with van der Waals surface area (Å²) in [5, 5.41) is 1.48. The average molecular weight is 628 g/mol. The highest BCUT2D eigenvalue weighted by Crippen LogP contribution is 2.43. The Kier molecular flexibility index (Phi) is 6.88. The van der Waals surface area contributed by atoms with Gasteiger partial charge in [0, 0.05) is 9.49 Å². The molecule has 6 nitrogen and oxygen atoms in total. The van der Waals surface area contributed by atoms with Gasteiger partial charge in [0.1, 0.15) is 17.2 Å². The third-order valence-corrected chi connectivity index (χ3v) is 8.46. The van der Waals surface area contributed by atoms with E-state index in [-0.39, 0.29) is 34.9 Å². The van der Waals surface area contributed by atoms with Gasteiger partial charge in [-0.3, -0.25) is 4.72 Å². The van der Waals surface area contributed by atoms with Crippen LogP contribution in [0.1, 0.15) is 12.0 Å². The van der Waals surface area contributed by atoms with Crippen LogP contribution in [0.3, 0.4) is 0 Å². The zero-order valence-electron chi connectivity index (χ0n) is 18.6. The van der Waals surface area contributed by atoms with Crippen molar-refractivity contribution < 1.29 is 30.7 Å². The van der Waals surface area contributed by atoms with Gasteiger partial charge in [0.25, 0.3) is 0 Å². The molecule has 1 aliphatic carbocycles. The zero-order chi connectivity index (χ0) is 25.4. The quantitative estimate of drug-likeness (QED) is 0.206. The van der Waals surface area contributed by atoms with Crippen molar-refractivity contribution in [3.8, 4) is 0 Å². The van der Waals surface area contributed by atoms with E-state index in [2.05, 4.69) is 10.0 Å². The van der Waals surface area contributed by atoms with Crippen LogP contribution in [0.2, 0.25) is 0 Å². The Hall–Kier alpha value is -2.77. The maximum absolute atomic E-state index is 15.1. The van der Waals surface area contributed by atoms with Gasteiger partial charge in [-0.15, -0.1) is 0 Å². The molecule has 1 heterocycles. The summed E-state index contributed by atoms with van der Waals surface area (Å²) in [5.74, 6) is -3.58. The first-order chi connectivity index (χ1) is 17.2. The van der Waals surface area contributed by atoms with E-state index in [1.807, 2.05) is 52.9 Å². The van der Waals surface area contributed by atoms with Crippen LogP contribution in [-0.4, -0.2) is 20.3 Å². The number of sulfonamides is 1. The molecule has 3 aromatic carbocycles. The van der Waals surface area contributed by atoms with Gasteiger partial charge < -0.3 is 14.5 Å². The van der Waals surface area contributed by atoms with Crippen LogP contribution in [0.5, 0.6) is 0 Å². The number of hydrogen-bond acceptors (Lipinski definition) is 5. The number of anilines is 3. The van der Waals surface area contributed by atoms with Crippen molar-refractivity contribution in [3.63, 3.8) is 0 Å². The highest BCUT2D eigenvalue weighted by molar-refractivity contribution is 14.1. The highest BCUT2D eigenvalue weighted by Gasteiger charge is 2.48. The zero-order valence-corrected chi connectivity index (χ0v) is 21.6. The monoisotopic (exact) mass is 628 g/mol. The fraction of sp³-hybridized carbons (Fsp3) is 0.200. The van der Waals surface area contributed by atoms with Crippen LogP contribution >= 0.6 is 22.6 Å². The summed E-state index contributed by atoms with van der Waals surface area (Å²) >= 11 is 1.91. The lowest BCUT2D eigenvalue weighted by Gasteiger charge is -2.17. The van der Waals surface area contributed by atoms with Crippen molar-refractivity contribution in [2.75, 3.05) is 16.6 Å². The van der Waals surface area contributed by atoms with Crippen molar-refractivity contribution in [1.82, 2.24) is 0 Å². The molecule has 188 valence electrons. The smallest absolute Gasteiger partial charge is 0.236 e. The second kappa shape index (κ2) is 9.94. The number of furan rings is 1. The Morgan fingerprint density at radius 2 is 1.81 bits per heavy atom. The number of fused-ring (bicyclic) bond motifs is 1. The van der Waals surface area contributed by atoms with Gasteiger partial charge in [-0.25, -0.2) is 21.6 Å². The van der Waals surface area contributed by atoms with Gasteiger partial charge in [-0.1, -0.05) is 30.3 Å². The number of benzene rings is 3. The second-order valence-electron chi connectivity index (χ2n) is 8.47. The van der Waals surface area contributed by atoms with E-state index in [1.54, 1.807) is 6.07 Å². The van der Waals surface area contributed by atoms with E-state index >= 15 is 4.39 Å². The van der Waals surface area contributed by atoms with Crippen LogP contribution in [0.25, 0.3) is 11.0 Å². The number of rotatable bonds is 9. The number of nitrogens with one attached hydrogen (secondary N) is 2. The maximum atomic E-state index is 15.1. The Labute approximate surface area is 219 Å². The molecule has 0 amide bonds. The van der Waals surface area contributed by atoms with Gasteiger partial charge in [-0.05, 0) is 58.8 Å². The largest absolute Gasteiger partial charge is 0.462 e. The van der Waals surface area contributed by atoms with Gasteiger partial charge in [-0.2, -0.15) is 0 Å². The summed E-state index contributed by atoms with van der Waals surface area (Å²) in [6, 6.07) is 14.8. The SMILES string of the molecule is O=S(=O)(Nc1c(Nc2ccc(I)cc2F)c(F)c(F)c2ccoc12)C1CC1COCc1ccccc1. The van der Waals surface area contributed by atoms with Crippen molar-refractivity contribution in [3.05, 3.63) is 87.4 Å². The molecule has 1 fully saturated rings. The molecule has 2 unspecified atom stereocenters. The van der Waals surface area contributed by atoms with E-state index < -0.39 is 38.4 Å². The Morgan fingerprint density at radius 1 is 1.03 bits per heavy atom. The molecule has 4 aromatic rings. The molecule has 0 saturated heterocycles. The molecule has 1 saturated carbocycles. The van der Waals surface area contributed by atoms with Crippen molar-refractivity contribution in [2.45, 2.75) is 18.3 Å². The first-order valence-electron chi connectivity index (χ1n) is 11.0. The standard InChI is InChI=1S/C25H20F3IN2O4S/c26-18-11-16(29)6-7-19(18)30-23-22(28)21(27)17-8-9-35-25(17)24(23)31-36(32,33)20-10-15(20)13-34-12-14-4-2-1-3-5-14/h1-9,11,15,20,30-31H,10,12-13H2. The maximum Gasteiger partial charge on any atom is 0.236 e. The van der Waals surface area contributed by atoms with Crippen LogP contribution in [0, 0.1) is 26.9 Å². The van der Waals surface area contributed by atoms with Gasteiger partial charge in [0.05, 0.1) is 35.8 Å². The molecule has 0 radical (unpaired) electrons. The van der Waals surface area contributed by atoms with Crippen molar-refractivity contribution in [1.29, 1.82) is 0 Å². The van der Waals surface area contributed by atoms with E-state index in [0.29, 0.717) is 16.6 Å². The molecular formula is C25H20F3IN2O4S. The van der Waals surface area contributed by atoms with E-state index in [9.17, 15) is 17.2 Å². The number of hydrogen-bond donors (Lipinski definition) is 2. The number of halogens is 4. The fourth-order valence-corrected chi connectivity index (χ4v) is 6.13. The minimum Gasteiger partial charge on any atom is -0.462 e. The molecule has 0 spiro atoms. The molecule has 36 heavy (non-hydrogen) atoms. The summed E-state index contributed by atoms with van der Waals surface area (Å²) in [6.07, 6.45) is 1.47. The second-order valence-corrected chi connectivity index (χ2v) is 11.6. The summed E-state index contributed by atoms with van der Waals surface area (Å²) < 4.78 is 84.5. The van der Waals surface area contributed by atoms with Gasteiger partial charge in [0.2, 0.25) is 10.0 Å². The lowest BCUT2D eigenvalue weighted by molar-refractivity contribution is 0.111. The third kappa shape index (κ3) is 5.04. The molecule has 5 rings (SSSR count). The first-order valence-corrected chi connectivity index (χ1v) is 13.6. The predicted octanol–water partition coefficient (Wildman–Crippen LogP) is 6.55. The Morgan fingerprint density at radius 3 is 2.56 bits per heavy atom. The van der Waals surface area contributed by atoms with E-state index in [0.717, 1.165) is 11.8 Å². The molecule has 0 bridgehead atoms. The Balaban J connectivity index is 1.39. The van der Waals surface area contributed by atoms with Crippen molar-refractivity contribution >= 4 is 60.6 Å². The van der Waals surface area contributed by atoms with Crippen LogP contribution in [-0.2, 0) is 21.4 Å². The van der Waals surface area contributed by atoms with Crippen LogP contribution in [0.15, 0.2) is 65.3 Å². The van der Waals surface area contributed by atoms with Crippen molar-refractivity contribution in [2.24, 2.45) is 5.92 Å². The van der Waals surface area contributed by atoms with Gasteiger partial charge in [0.15, 0.2) is 17.2 Å². The Bertz CT molecular complexity index is 1530. The molecule has 1 aliphatic rings. The van der Waals surface area contributed by atoms with E-state index in [4.69, 9.17) is 9.15 Å².